The van der Waals surface area contributed by atoms with Gasteiger partial charge in [-0.05, 0) is 32.9 Å². The van der Waals surface area contributed by atoms with Crippen LogP contribution >= 0.6 is 11.6 Å². The van der Waals surface area contributed by atoms with Crippen molar-refractivity contribution in [1.82, 2.24) is 29.9 Å². The standard InChI is InChI=1S/C19H22ClN7O/c1-4-26(14(3)10-21-19-22-11-15(20)12-23-19)18(28)16-9-13(2)5-6-17(16)27-24-7-8-25-27/h5-9,11-12,14H,4,10H2,1-3H3,(H,21,22,23)/t14-/m0/s1. The first-order chi connectivity index (χ1) is 13.5. The number of halogens is 1. The number of nitrogens with zero attached hydrogens (tertiary/aromatic N) is 6. The lowest BCUT2D eigenvalue weighted by molar-refractivity contribution is 0.0712. The van der Waals surface area contributed by atoms with Crippen LogP contribution in [0.2, 0.25) is 5.02 Å². The van der Waals surface area contributed by atoms with Gasteiger partial charge in [-0.15, -0.1) is 0 Å². The number of amides is 1. The molecule has 0 saturated carbocycles. The topological polar surface area (TPSA) is 88.8 Å². The SMILES string of the molecule is CCN(C(=O)c1cc(C)ccc1-n1nccn1)[C@@H](C)CNc1ncc(Cl)cn1. The Morgan fingerprint density at radius 3 is 2.57 bits per heavy atom. The molecule has 0 bridgehead atoms. The highest BCUT2D eigenvalue weighted by atomic mass is 35.5. The maximum Gasteiger partial charge on any atom is 0.256 e. The summed E-state index contributed by atoms with van der Waals surface area (Å²) in [6.07, 6.45) is 6.23. The quantitative estimate of drug-likeness (QED) is 0.657. The van der Waals surface area contributed by atoms with E-state index in [1.54, 1.807) is 17.3 Å². The van der Waals surface area contributed by atoms with Crippen LogP contribution in [0.15, 0.2) is 43.0 Å². The van der Waals surface area contributed by atoms with Crippen molar-refractivity contribution in [1.29, 1.82) is 0 Å². The van der Waals surface area contributed by atoms with E-state index in [1.807, 2.05) is 39.0 Å². The number of aromatic nitrogens is 5. The number of nitrogens with one attached hydrogen (secondary N) is 1. The molecule has 28 heavy (non-hydrogen) atoms. The summed E-state index contributed by atoms with van der Waals surface area (Å²) in [6, 6.07) is 5.58. The van der Waals surface area contributed by atoms with Crippen molar-refractivity contribution in [3.8, 4) is 5.69 Å². The van der Waals surface area contributed by atoms with Crippen LogP contribution < -0.4 is 5.32 Å². The van der Waals surface area contributed by atoms with E-state index in [0.717, 1.165) is 5.56 Å². The third-order valence-corrected chi connectivity index (χ3v) is 4.52. The van der Waals surface area contributed by atoms with E-state index >= 15 is 0 Å². The van der Waals surface area contributed by atoms with Crippen molar-refractivity contribution < 1.29 is 4.79 Å². The molecule has 0 aliphatic heterocycles. The minimum atomic E-state index is -0.0873. The smallest absolute Gasteiger partial charge is 0.256 e. The number of anilines is 1. The zero-order valence-corrected chi connectivity index (χ0v) is 16.8. The highest BCUT2D eigenvalue weighted by Crippen LogP contribution is 2.19. The van der Waals surface area contributed by atoms with E-state index in [1.165, 1.54) is 17.2 Å². The highest BCUT2D eigenvalue weighted by molar-refractivity contribution is 6.30. The fourth-order valence-corrected chi connectivity index (χ4v) is 3.00. The monoisotopic (exact) mass is 399 g/mol. The van der Waals surface area contributed by atoms with E-state index in [4.69, 9.17) is 11.6 Å². The lowest BCUT2D eigenvalue weighted by atomic mass is 10.1. The largest absolute Gasteiger partial charge is 0.352 e. The molecule has 1 aromatic carbocycles. The molecule has 8 nitrogen and oxygen atoms in total. The molecular formula is C19H22ClN7O. The number of hydrogen-bond donors (Lipinski definition) is 1. The molecule has 1 N–H and O–H groups in total. The van der Waals surface area contributed by atoms with Gasteiger partial charge in [0.25, 0.3) is 5.91 Å². The second-order valence-corrected chi connectivity index (χ2v) is 6.82. The third kappa shape index (κ3) is 4.45. The second kappa shape index (κ2) is 8.79. The molecule has 1 atom stereocenters. The molecule has 0 spiro atoms. The van der Waals surface area contributed by atoms with Crippen molar-refractivity contribution in [3.63, 3.8) is 0 Å². The summed E-state index contributed by atoms with van der Waals surface area (Å²) >= 11 is 5.81. The van der Waals surface area contributed by atoms with Crippen molar-refractivity contribution in [3.05, 3.63) is 59.1 Å². The average Bonchev–Trinajstić information content (AvgIpc) is 3.22. The van der Waals surface area contributed by atoms with Crippen LogP contribution in [0, 0.1) is 6.92 Å². The molecule has 2 aromatic heterocycles. The van der Waals surface area contributed by atoms with Crippen LogP contribution in [0.5, 0.6) is 0 Å². The first kappa shape index (κ1) is 19.8. The van der Waals surface area contributed by atoms with Gasteiger partial charge in [-0.25, -0.2) is 9.97 Å². The first-order valence-corrected chi connectivity index (χ1v) is 9.37. The molecule has 0 fully saturated rings. The van der Waals surface area contributed by atoms with Gasteiger partial charge < -0.3 is 10.2 Å². The Hall–Kier alpha value is -3.00. The summed E-state index contributed by atoms with van der Waals surface area (Å²) in [7, 11) is 0. The Bertz CT molecular complexity index is 928. The van der Waals surface area contributed by atoms with E-state index in [9.17, 15) is 4.79 Å². The van der Waals surface area contributed by atoms with Crippen LogP contribution in [0.4, 0.5) is 5.95 Å². The van der Waals surface area contributed by atoms with Gasteiger partial charge in [-0.3, -0.25) is 4.79 Å². The maximum atomic E-state index is 13.3. The Balaban J connectivity index is 1.79. The summed E-state index contributed by atoms with van der Waals surface area (Å²) < 4.78 is 0. The predicted molar refractivity (Wildman–Crippen MR) is 108 cm³/mol. The second-order valence-electron chi connectivity index (χ2n) is 6.39. The van der Waals surface area contributed by atoms with Gasteiger partial charge in [0.1, 0.15) is 0 Å². The summed E-state index contributed by atoms with van der Waals surface area (Å²) in [5.41, 5.74) is 2.21. The number of benzene rings is 1. The molecular weight excluding hydrogens is 378 g/mol. The van der Waals surface area contributed by atoms with Crippen LogP contribution in [0.25, 0.3) is 5.69 Å². The lowest BCUT2D eigenvalue weighted by Crippen LogP contribution is -2.42. The first-order valence-electron chi connectivity index (χ1n) is 8.99. The fourth-order valence-electron chi connectivity index (χ4n) is 2.90. The van der Waals surface area contributed by atoms with Crippen molar-refractivity contribution in [2.75, 3.05) is 18.4 Å². The minimum Gasteiger partial charge on any atom is -0.352 e. The molecule has 146 valence electrons. The molecule has 2 heterocycles. The molecule has 0 saturated heterocycles. The molecule has 0 aliphatic carbocycles. The van der Waals surface area contributed by atoms with Gasteiger partial charge in [0, 0.05) is 19.1 Å². The summed E-state index contributed by atoms with van der Waals surface area (Å²) in [5, 5.41) is 12.0. The normalized spacial score (nSPS) is 11.9. The molecule has 0 radical (unpaired) electrons. The number of likely N-dealkylation sites (N-methyl/N-ethyl adjacent to an activating group) is 1. The zero-order chi connectivity index (χ0) is 20.1. The number of carbonyl (C=O) groups is 1. The van der Waals surface area contributed by atoms with Crippen molar-refractivity contribution in [2.24, 2.45) is 0 Å². The van der Waals surface area contributed by atoms with Gasteiger partial charge in [-0.1, -0.05) is 23.2 Å². The van der Waals surface area contributed by atoms with Crippen LogP contribution in [0.3, 0.4) is 0 Å². The van der Waals surface area contributed by atoms with Crippen molar-refractivity contribution in [2.45, 2.75) is 26.8 Å². The van der Waals surface area contributed by atoms with Crippen LogP contribution in [0.1, 0.15) is 29.8 Å². The molecule has 0 aliphatic rings. The summed E-state index contributed by atoms with van der Waals surface area (Å²) in [4.78, 5) is 24.8. The Morgan fingerprint density at radius 1 is 1.25 bits per heavy atom. The third-order valence-electron chi connectivity index (χ3n) is 4.33. The molecule has 0 unspecified atom stereocenters. The Morgan fingerprint density at radius 2 is 1.93 bits per heavy atom. The average molecular weight is 400 g/mol. The molecule has 3 rings (SSSR count). The van der Waals surface area contributed by atoms with Gasteiger partial charge in [0.05, 0.1) is 41.1 Å². The lowest BCUT2D eigenvalue weighted by Gasteiger charge is -2.29. The van der Waals surface area contributed by atoms with E-state index in [-0.39, 0.29) is 11.9 Å². The van der Waals surface area contributed by atoms with Gasteiger partial charge in [-0.2, -0.15) is 15.0 Å². The van der Waals surface area contributed by atoms with Gasteiger partial charge in [0.15, 0.2) is 0 Å². The zero-order valence-electron chi connectivity index (χ0n) is 16.0. The highest BCUT2D eigenvalue weighted by Gasteiger charge is 2.23. The Labute approximate surface area is 168 Å². The minimum absolute atomic E-state index is 0.0789. The number of hydrogen-bond acceptors (Lipinski definition) is 6. The Kier molecular flexibility index (Phi) is 6.20. The predicted octanol–water partition coefficient (Wildman–Crippen LogP) is 2.98. The van der Waals surface area contributed by atoms with E-state index in [2.05, 4.69) is 25.5 Å². The molecule has 9 heteroatoms. The van der Waals surface area contributed by atoms with Gasteiger partial charge in [0.2, 0.25) is 5.95 Å². The van der Waals surface area contributed by atoms with Crippen LogP contribution in [-0.2, 0) is 0 Å². The van der Waals surface area contributed by atoms with Gasteiger partial charge >= 0.3 is 0 Å². The van der Waals surface area contributed by atoms with Crippen molar-refractivity contribution >= 4 is 23.5 Å². The summed E-state index contributed by atoms with van der Waals surface area (Å²) in [6.45, 7) is 6.95. The fraction of sp³-hybridized carbons (Fsp3) is 0.316. The van der Waals surface area contributed by atoms with E-state index < -0.39 is 0 Å². The number of carbonyl (C=O) groups excluding carboxylic acids is 1. The maximum absolute atomic E-state index is 13.3. The molecule has 1 amide bonds. The summed E-state index contributed by atoms with van der Waals surface area (Å²) in [5.74, 6) is 0.390. The number of rotatable bonds is 7. The molecule has 3 aromatic rings. The number of aryl methyl sites for hydroxylation is 1. The van der Waals surface area contributed by atoms with E-state index in [0.29, 0.717) is 35.3 Å². The van der Waals surface area contributed by atoms with Crippen LogP contribution in [-0.4, -0.2) is 54.9 Å².